The minimum absolute atomic E-state index is 0.259. The number of hydrogen-bond acceptors (Lipinski definition) is 5. The predicted molar refractivity (Wildman–Crippen MR) is 74.3 cm³/mol. The molecule has 6 nitrogen and oxygen atoms in total. The lowest BCUT2D eigenvalue weighted by atomic mass is 9.88. The van der Waals surface area contributed by atoms with Gasteiger partial charge in [-0.05, 0) is 25.7 Å². The molecule has 0 saturated carbocycles. The van der Waals surface area contributed by atoms with Crippen LogP contribution in [0.5, 0.6) is 0 Å². The summed E-state index contributed by atoms with van der Waals surface area (Å²) in [5.41, 5.74) is -1.40. The summed E-state index contributed by atoms with van der Waals surface area (Å²) in [4.78, 5) is 12.0. The molecular formula is C14H25NO5. The molecule has 0 aliphatic heterocycles. The van der Waals surface area contributed by atoms with E-state index >= 15 is 0 Å². The first-order chi connectivity index (χ1) is 9.58. The van der Waals surface area contributed by atoms with Crippen LogP contribution in [0.1, 0.15) is 25.7 Å². The number of amides is 1. The number of carbonyl (C=O) groups excluding carboxylic acids is 1. The molecule has 0 fully saturated rings. The molecule has 0 aromatic carbocycles. The average molecular weight is 287 g/mol. The van der Waals surface area contributed by atoms with Crippen LogP contribution < -0.4 is 5.32 Å². The lowest BCUT2D eigenvalue weighted by Crippen LogP contribution is -2.48. The van der Waals surface area contributed by atoms with Gasteiger partial charge in [0.1, 0.15) is 5.60 Å². The van der Waals surface area contributed by atoms with Crippen molar-refractivity contribution in [3.63, 3.8) is 0 Å². The van der Waals surface area contributed by atoms with Crippen molar-refractivity contribution < 1.29 is 24.5 Å². The second-order valence-corrected chi connectivity index (χ2v) is 4.97. The summed E-state index contributed by atoms with van der Waals surface area (Å²) in [6.07, 6.45) is 4.50. The van der Waals surface area contributed by atoms with Gasteiger partial charge in [-0.3, -0.25) is 4.79 Å². The monoisotopic (exact) mass is 287 g/mol. The molecule has 1 rings (SSSR count). The van der Waals surface area contributed by atoms with Crippen molar-refractivity contribution in [3.8, 4) is 0 Å². The summed E-state index contributed by atoms with van der Waals surface area (Å²) in [5.74, 6) is -0.393. The maximum absolute atomic E-state index is 12.0. The second kappa shape index (κ2) is 9.07. The third-order valence-corrected chi connectivity index (χ3v) is 3.32. The van der Waals surface area contributed by atoms with Crippen LogP contribution in [-0.4, -0.2) is 61.3 Å². The fourth-order valence-electron chi connectivity index (χ4n) is 2.06. The quantitative estimate of drug-likeness (QED) is 0.453. The lowest BCUT2D eigenvalue weighted by molar-refractivity contribution is -0.142. The molecule has 1 aliphatic carbocycles. The Morgan fingerprint density at radius 3 is 2.95 bits per heavy atom. The van der Waals surface area contributed by atoms with Crippen molar-refractivity contribution in [2.24, 2.45) is 0 Å². The van der Waals surface area contributed by atoms with Crippen LogP contribution in [0.25, 0.3) is 0 Å². The van der Waals surface area contributed by atoms with Gasteiger partial charge in [0.15, 0.2) is 0 Å². The van der Waals surface area contributed by atoms with E-state index in [1.807, 2.05) is 0 Å². The van der Waals surface area contributed by atoms with Gasteiger partial charge in [0.2, 0.25) is 0 Å². The SMILES string of the molecule is COCCOCCNC(=O)[C@]1(O)CC/C=C/[C@H](O)CC1. The third-order valence-electron chi connectivity index (χ3n) is 3.32. The molecule has 0 aromatic rings. The Balaban J connectivity index is 2.31. The van der Waals surface area contributed by atoms with Gasteiger partial charge in [0.05, 0.1) is 25.9 Å². The van der Waals surface area contributed by atoms with E-state index in [4.69, 9.17) is 9.47 Å². The molecule has 3 N–H and O–H groups in total. The van der Waals surface area contributed by atoms with Crippen molar-refractivity contribution >= 4 is 5.91 Å². The van der Waals surface area contributed by atoms with Crippen LogP contribution >= 0.6 is 0 Å². The zero-order valence-corrected chi connectivity index (χ0v) is 12.0. The molecule has 1 amide bonds. The molecule has 2 atom stereocenters. The van der Waals surface area contributed by atoms with E-state index in [-0.39, 0.29) is 6.42 Å². The highest BCUT2D eigenvalue weighted by atomic mass is 16.5. The van der Waals surface area contributed by atoms with E-state index in [1.54, 1.807) is 19.3 Å². The van der Waals surface area contributed by atoms with Crippen LogP contribution in [-0.2, 0) is 14.3 Å². The summed E-state index contributed by atoms with van der Waals surface area (Å²) >= 11 is 0. The Kier molecular flexibility index (Phi) is 7.76. The Morgan fingerprint density at radius 1 is 1.40 bits per heavy atom. The van der Waals surface area contributed by atoms with Crippen molar-refractivity contribution in [2.45, 2.75) is 37.4 Å². The topological polar surface area (TPSA) is 88.0 Å². The van der Waals surface area contributed by atoms with Crippen LogP contribution in [0, 0.1) is 0 Å². The van der Waals surface area contributed by atoms with E-state index in [9.17, 15) is 15.0 Å². The van der Waals surface area contributed by atoms with Crippen LogP contribution in [0.2, 0.25) is 0 Å². The van der Waals surface area contributed by atoms with E-state index in [0.717, 1.165) is 0 Å². The van der Waals surface area contributed by atoms with Crippen molar-refractivity contribution in [3.05, 3.63) is 12.2 Å². The summed E-state index contributed by atoms with van der Waals surface area (Å²) in [5, 5.41) is 22.6. The van der Waals surface area contributed by atoms with Gasteiger partial charge in [-0.15, -0.1) is 0 Å². The Hall–Kier alpha value is -0.950. The summed E-state index contributed by atoms with van der Waals surface area (Å²) in [6, 6.07) is 0. The molecule has 0 saturated heterocycles. The molecule has 0 bridgehead atoms. The van der Waals surface area contributed by atoms with Crippen molar-refractivity contribution in [2.75, 3.05) is 33.5 Å². The van der Waals surface area contributed by atoms with Gasteiger partial charge in [-0.25, -0.2) is 0 Å². The summed E-state index contributed by atoms with van der Waals surface area (Å²) in [6.45, 7) is 1.73. The van der Waals surface area contributed by atoms with Crippen molar-refractivity contribution in [1.82, 2.24) is 5.32 Å². The summed E-state index contributed by atoms with van der Waals surface area (Å²) < 4.78 is 10.1. The molecule has 0 spiro atoms. The van der Waals surface area contributed by atoms with Crippen molar-refractivity contribution in [1.29, 1.82) is 0 Å². The van der Waals surface area contributed by atoms with Gasteiger partial charge in [-0.2, -0.15) is 0 Å². The molecule has 0 unspecified atom stereocenters. The van der Waals surface area contributed by atoms with Crippen LogP contribution in [0.3, 0.4) is 0 Å². The largest absolute Gasteiger partial charge is 0.389 e. The number of methoxy groups -OCH3 is 1. The van der Waals surface area contributed by atoms with Gasteiger partial charge < -0.3 is 25.0 Å². The number of aliphatic hydroxyl groups excluding tert-OH is 1. The second-order valence-electron chi connectivity index (χ2n) is 4.97. The molecule has 6 heteroatoms. The highest BCUT2D eigenvalue weighted by Crippen LogP contribution is 2.23. The lowest BCUT2D eigenvalue weighted by Gasteiger charge is -2.28. The fourth-order valence-corrected chi connectivity index (χ4v) is 2.06. The van der Waals surface area contributed by atoms with E-state index < -0.39 is 17.6 Å². The standard InChI is InChI=1S/C14H25NO5/c1-19-10-11-20-9-8-15-13(17)14(18)6-3-2-4-12(16)5-7-14/h2,4,12,16,18H,3,5-11H2,1H3,(H,15,17)/b4-2+/t12-,14-/m0/s1. The Bertz CT molecular complexity index is 321. The number of allylic oxidation sites excluding steroid dienone is 1. The third kappa shape index (κ3) is 6.00. The first-order valence-corrected chi connectivity index (χ1v) is 7.00. The minimum atomic E-state index is -1.40. The smallest absolute Gasteiger partial charge is 0.252 e. The van der Waals surface area contributed by atoms with E-state index in [1.165, 1.54) is 0 Å². The van der Waals surface area contributed by atoms with Crippen LogP contribution in [0.15, 0.2) is 12.2 Å². The zero-order valence-electron chi connectivity index (χ0n) is 12.0. The maximum Gasteiger partial charge on any atom is 0.252 e. The van der Waals surface area contributed by atoms with Gasteiger partial charge in [0, 0.05) is 13.7 Å². The number of ether oxygens (including phenoxy) is 2. The predicted octanol–water partition coefficient (Wildman–Crippen LogP) is -0.0122. The number of aliphatic hydroxyl groups is 2. The van der Waals surface area contributed by atoms with E-state index in [0.29, 0.717) is 45.6 Å². The zero-order chi connectivity index (χ0) is 14.8. The average Bonchev–Trinajstić information content (AvgIpc) is 2.43. The molecule has 0 radical (unpaired) electrons. The number of rotatable bonds is 7. The molecule has 20 heavy (non-hydrogen) atoms. The molecule has 116 valence electrons. The molecular weight excluding hydrogens is 262 g/mol. The first-order valence-electron chi connectivity index (χ1n) is 7.00. The normalized spacial score (nSPS) is 28.4. The minimum Gasteiger partial charge on any atom is -0.389 e. The highest BCUT2D eigenvalue weighted by Gasteiger charge is 2.35. The van der Waals surface area contributed by atoms with Gasteiger partial charge in [0.25, 0.3) is 5.91 Å². The van der Waals surface area contributed by atoms with E-state index in [2.05, 4.69) is 5.32 Å². The van der Waals surface area contributed by atoms with Crippen LogP contribution in [0.4, 0.5) is 0 Å². The fraction of sp³-hybridized carbons (Fsp3) is 0.786. The Labute approximate surface area is 119 Å². The number of carbonyl (C=O) groups is 1. The van der Waals surface area contributed by atoms with Gasteiger partial charge >= 0.3 is 0 Å². The number of nitrogens with one attached hydrogen (secondary N) is 1. The van der Waals surface area contributed by atoms with Gasteiger partial charge in [-0.1, -0.05) is 12.2 Å². The molecule has 1 aliphatic rings. The first kappa shape index (κ1) is 17.1. The Morgan fingerprint density at radius 2 is 2.20 bits per heavy atom. The number of hydrogen-bond donors (Lipinski definition) is 3. The maximum atomic E-state index is 12.0. The molecule has 0 aromatic heterocycles. The highest BCUT2D eigenvalue weighted by molar-refractivity contribution is 5.84. The molecule has 0 heterocycles. The summed E-state index contributed by atoms with van der Waals surface area (Å²) in [7, 11) is 1.60.